The highest BCUT2D eigenvalue weighted by Crippen LogP contribution is 2.21. The summed E-state index contributed by atoms with van der Waals surface area (Å²) in [5, 5.41) is 3.67. The van der Waals surface area contributed by atoms with E-state index >= 15 is 0 Å². The zero-order chi connectivity index (χ0) is 19.6. The molecule has 0 spiro atoms. The van der Waals surface area contributed by atoms with Gasteiger partial charge in [-0.15, -0.1) is 0 Å². The maximum atomic E-state index is 5.80. The molecule has 0 aliphatic rings. The first kappa shape index (κ1) is 20.0. The van der Waals surface area contributed by atoms with Crippen LogP contribution in [0.3, 0.4) is 0 Å². The Morgan fingerprint density at radius 3 is 2.00 bits per heavy atom. The number of ether oxygens (including phenoxy) is 2. The average molecular weight is 376 g/mol. The quantitative estimate of drug-likeness (QED) is 0.462. The molecule has 0 bridgehead atoms. The second-order valence-corrected chi connectivity index (χ2v) is 6.85. The fraction of sp³-hybridized carbons (Fsp3) is 0.280. The van der Waals surface area contributed by atoms with Crippen LogP contribution in [-0.2, 0) is 6.54 Å². The van der Waals surface area contributed by atoms with Crippen molar-refractivity contribution in [2.75, 3.05) is 13.2 Å². The summed E-state index contributed by atoms with van der Waals surface area (Å²) in [6.45, 7) is 6.30. The Morgan fingerprint density at radius 2 is 1.36 bits per heavy atom. The maximum Gasteiger partial charge on any atom is 0.122 e. The normalized spacial score (nSPS) is 11.8. The molecule has 1 unspecified atom stereocenters. The summed E-state index contributed by atoms with van der Waals surface area (Å²) in [4.78, 5) is 0. The van der Waals surface area contributed by atoms with E-state index < -0.39 is 0 Å². The Hall–Kier alpha value is -2.78. The molecule has 3 aromatic rings. The predicted molar refractivity (Wildman–Crippen MR) is 115 cm³/mol. The zero-order valence-electron chi connectivity index (χ0n) is 16.7. The Balaban J connectivity index is 1.47. The lowest BCUT2D eigenvalue weighted by atomic mass is 10.0. The second-order valence-electron chi connectivity index (χ2n) is 6.85. The van der Waals surface area contributed by atoms with Gasteiger partial charge >= 0.3 is 0 Å². The van der Waals surface area contributed by atoms with Gasteiger partial charge in [0, 0.05) is 12.6 Å². The molecule has 28 heavy (non-hydrogen) atoms. The third kappa shape index (κ3) is 5.86. The topological polar surface area (TPSA) is 30.5 Å². The van der Waals surface area contributed by atoms with Crippen molar-refractivity contribution in [3.05, 3.63) is 95.6 Å². The van der Waals surface area contributed by atoms with Gasteiger partial charge in [0.15, 0.2) is 0 Å². The summed E-state index contributed by atoms with van der Waals surface area (Å²) in [7, 11) is 0. The monoisotopic (exact) mass is 375 g/mol. The molecule has 0 aromatic heterocycles. The summed E-state index contributed by atoms with van der Waals surface area (Å²) in [5.41, 5.74) is 3.95. The molecule has 3 rings (SSSR count). The first-order valence-corrected chi connectivity index (χ1v) is 9.94. The highest BCUT2D eigenvalue weighted by atomic mass is 16.5. The van der Waals surface area contributed by atoms with E-state index in [2.05, 4.69) is 55.6 Å². The number of para-hydroxylation sites is 1. The van der Waals surface area contributed by atoms with Crippen LogP contribution in [0.2, 0.25) is 0 Å². The van der Waals surface area contributed by atoms with E-state index in [1.807, 2.05) is 42.5 Å². The van der Waals surface area contributed by atoms with Gasteiger partial charge in [-0.25, -0.2) is 0 Å². The van der Waals surface area contributed by atoms with E-state index in [4.69, 9.17) is 9.47 Å². The molecule has 0 saturated carbocycles. The number of rotatable bonds is 10. The van der Waals surface area contributed by atoms with Crippen LogP contribution in [-0.4, -0.2) is 13.2 Å². The zero-order valence-corrected chi connectivity index (χ0v) is 16.7. The van der Waals surface area contributed by atoms with Crippen LogP contribution in [0.25, 0.3) is 0 Å². The van der Waals surface area contributed by atoms with Gasteiger partial charge in [-0.05, 0) is 54.3 Å². The summed E-state index contributed by atoms with van der Waals surface area (Å²) in [6, 6.07) is 27.0. The molecular formula is C25H29NO2. The van der Waals surface area contributed by atoms with E-state index in [1.165, 1.54) is 16.7 Å². The van der Waals surface area contributed by atoms with Crippen molar-refractivity contribution in [2.45, 2.75) is 32.9 Å². The summed E-state index contributed by atoms with van der Waals surface area (Å²) in [6.07, 6.45) is 1.04. The molecule has 3 aromatic carbocycles. The molecule has 1 N–H and O–H groups in total. The molecule has 146 valence electrons. The van der Waals surface area contributed by atoms with Crippen molar-refractivity contribution in [3.63, 3.8) is 0 Å². The van der Waals surface area contributed by atoms with Crippen molar-refractivity contribution >= 4 is 0 Å². The van der Waals surface area contributed by atoms with Crippen LogP contribution in [0.5, 0.6) is 11.5 Å². The average Bonchev–Trinajstić information content (AvgIpc) is 2.74. The van der Waals surface area contributed by atoms with Crippen LogP contribution in [0.15, 0.2) is 78.9 Å². The summed E-state index contributed by atoms with van der Waals surface area (Å²) < 4.78 is 11.5. The van der Waals surface area contributed by atoms with Gasteiger partial charge in [-0.3, -0.25) is 0 Å². The van der Waals surface area contributed by atoms with Gasteiger partial charge in [0.1, 0.15) is 24.7 Å². The lowest BCUT2D eigenvalue weighted by molar-refractivity contribution is 0.217. The first-order chi connectivity index (χ1) is 13.8. The van der Waals surface area contributed by atoms with E-state index in [-0.39, 0.29) is 0 Å². The maximum absolute atomic E-state index is 5.80. The van der Waals surface area contributed by atoms with Gasteiger partial charge in [-0.1, -0.05) is 61.5 Å². The van der Waals surface area contributed by atoms with Crippen LogP contribution in [0, 0.1) is 6.92 Å². The molecule has 1 atom stereocenters. The van der Waals surface area contributed by atoms with Crippen LogP contribution in [0.4, 0.5) is 0 Å². The molecular weight excluding hydrogens is 346 g/mol. The van der Waals surface area contributed by atoms with E-state index in [9.17, 15) is 0 Å². The van der Waals surface area contributed by atoms with Crippen molar-refractivity contribution in [3.8, 4) is 11.5 Å². The number of benzene rings is 3. The van der Waals surface area contributed by atoms with Crippen molar-refractivity contribution in [1.29, 1.82) is 0 Å². The van der Waals surface area contributed by atoms with Crippen LogP contribution >= 0.6 is 0 Å². The van der Waals surface area contributed by atoms with Crippen molar-refractivity contribution in [1.82, 2.24) is 5.32 Å². The lowest BCUT2D eigenvalue weighted by Gasteiger charge is -2.19. The third-order valence-corrected chi connectivity index (χ3v) is 4.85. The highest BCUT2D eigenvalue weighted by Gasteiger charge is 2.09. The van der Waals surface area contributed by atoms with E-state index in [1.54, 1.807) is 0 Å². The number of hydrogen-bond donors (Lipinski definition) is 1. The van der Waals surface area contributed by atoms with Gasteiger partial charge in [0.25, 0.3) is 0 Å². The van der Waals surface area contributed by atoms with Gasteiger partial charge in [0.2, 0.25) is 0 Å². The summed E-state index contributed by atoms with van der Waals surface area (Å²) >= 11 is 0. The van der Waals surface area contributed by atoms with Gasteiger partial charge < -0.3 is 14.8 Å². The number of aryl methyl sites for hydroxylation is 1. The van der Waals surface area contributed by atoms with Crippen molar-refractivity contribution < 1.29 is 9.47 Å². The standard InChI is InChI=1S/C25H29NO2/c1-3-25(26-19-22-10-8-7-9-20(22)2)21-13-15-24(16-14-21)28-18-17-27-23-11-5-4-6-12-23/h4-16,25-26H,3,17-19H2,1-2H3. The Labute approximate surface area is 168 Å². The third-order valence-electron chi connectivity index (χ3n) is 4.85. The molecule has 3 nitrogen and oxygen atoms in total. The Morgan fingerprint density at radius 1 is 0.750 bits per heavy atom. The molecule has 0 aliphatic carbocycles. The number of hydrogen-bond acceptors (Lipinski definition) is 3. The van der Waals surface area contributed by atoms with Crippen molar-refractivity contribution in [2.24, 2.45) is 0 Å². The molecule has 0 radical (unpaired) electrons. The first-order valence-electron chi connectivity index (χ1n) is 9.94. The Kier molecular flexibility index (Phi) is 7.51. The lowest BCUT2D eigenvalue weighted by Crippen LogP contribution is -2.20. The minimum Gasteiger partial charge on any atom is -0.490 e. The Bertz CT molecular complexity index is 831. The molecule has 0 fully saturated rings. The smallest absolute Gasteiger partial charge is 0.122 e. The minimum atomic E-state index is 0.329. The van der Waals surface area contributed by atoms with Crippen LogP contribution in [0.1, 0.15) is 36.1 Å². The highest BCUT2D eigenvalue weighted by molar-refractivity contribution is 5.30. The minimum absolute atomic E-state index is 0.329. The SMILES string of the molecule is CCC(NCc1ccccc1C)c1ccc(OCCOc2ccccc2)cc1. The van der Waals surface area contributed by atoms with Gasteiger partial charge in [-0.2, -0.15) is 0 Å². The molecule has 3 heteroatoms. The van der Waals surface area contributed by atoms with Crippen LogP contribution < -0.4 is 14.8 Å². The fourth-order valence-corrected chi connectivity index (χ4v) is 3.17. The molecule has 0 amide bonds. The fourth-order valence-electron chi connectivity index (χ4n) is 3.17. The van der Waals surface area contributed by atoms with E-state index in [0.29, 0.717) is 19.3 Å². The molecule has 0 heterocycles. The van der Waals surface area contributed by atoms with E-state index in [0.717, 1.165) is 24.5 Å². The number of nitrogens with one attached hydrogen (secondary N) is 1. The largest absolute Gasteiger partial charge is 0.490 e. The second kappa shape index (κ2) is 10.5. The molecule has 0 aliphatic heterocycles. The summed E-state index contributed by atoms with van der Waals surface area (Å²) in [5.74, 6) is 1.74. The van der Waals surface area contributed by atoms with Gasteiger partial charge in [0.05, 0.1) is 0 Å². The molecule has 0 saturated heterocycles. The predicted octanol–water partition coefficient (Wildman–Crippen LogP) is 5.69.